The Bertz CT molecular complexity index is 1400. The van der Waals surface area contributed by atoms with Gasteiger partial charge in [0.05, 0.1) is 18.6 Å². The van der Waals surface area contributed by atoms with Crippen molar-refractivity contribution in [3.05, 3.63) is 71.4 Å². The Morgan fingerprint density at radius 1 is 1.12 bits per heavy atom. The normalized spacial score (nSPS) is 18.4. The number of amides is 2. The molecule has 8 nitrogen and oxygen atoms in total. The maximum Gasteiger partial charge on any atom is 0.306 e. The zero-order valence-corrected chi connectivity index (χ0v) is 24.9. The van der Waals surface area contributed by atoms with E-state index >= 15 is 0 Å². The highest BCUT2D eigenvalue weighted by molar-refractivity contribution is 5.92. The lowest BCUT2D eigenvalue weighted by molar-refractivity contribution is -0.143. The zero-order valence-electron chi connectivity index (χ0n) is 24.1. The van der Waals surface area contributed by atoms with Crippen molar-refractivity contribution in [2.75, 3.05) is 19.7 Å². The first-order valence-electron chi connectivity index (χ1n) is 14.3. The number of aromatic amines is 1. The van der Waals surface area contributed by atoms with E-state index in [0.29, 0.717) is 32.5 Å². The molecule has 0 saturated carbocycles. The number of fused-ring (bicyclic) bond motifs is 3. The van der Waals surface area contributed by atoms with Gasteiger partial charge >= 0.3 is 5.97 Å². The molecule has 5 rings (SSSR count). The summed E-state index contributed by atoms with van der Waals surface area (Å²) in [6.07, 6.45) is 5.16. The van der Waals surface area contributed by atoms with Crippen LogP contribution in [-0.2, 0) is 31.0 Å². The van der Waals surface area contributed by atoms with Crippen molar-refractivity contribution in [2.45, 2.75) is 75.8 Å². The number of piperidine rings is 1. The van der Waals surface area contributed by atoms with Gasteiger partial charge in [0.25, 0.3) is 0 Å². The van der Waals surface area contributed by atoms with Crippen LogP contribution in [0.2, 0.25) is 0 Å². The number of carbonyl (C=O) groups is 3. The molecule has 3 aromatic rings. The van der Waals surface area contributed by atoms with E-state index in [2.05, 4.69) is 28.5 Å². The first-order chi connectivity index (χ1) is 19.1. The molecule has 1 aliphatic carbocycles. The van der Waals surface area contributed by atoms with E-state index < -0.39 is 11.6 Å². The van der Waals surface area contributed by atoms with Gasteiger partial charge in [0.1, 0.15) is 6.04 Å². The van der Waals surface area contributed by atoms with E-state index in [1.165, 1.54) is 11.1 Å². The fourth-order valence-corrected chi connectivity index (χ4v) is 6.54. The van der Waals surface area contributed by atoms with Crippen molar-refractivity contribution >= 4 is 41.1 Å². The topological polar surface area (TPSA) is 118 Å². The molecule has 1 unspecified atom stereocenters. The number of para-hydroxylation sites is 1. The van der Waals surface area contributed by atoms with Gasteiger partial charge in [-0.25, -0.2) is 0 Å². The largest absolute Gasteiger partial charge is 0.466 e. The molecule has 41 heavy (non-hydrogen) atoms. The lowest BCUT2D eigenvalue weighted by Crippen LogP contribution is -2.58. The molecular weight excluding hydrogens is 540 g/mol. The van der Waals surface area contributed by atoms with Gasteiger partial charge in [-0.15, -0.1) is 12.4 Å². The van der Waals surface area contributed by atoms with Crippen molar-refractivity contribution in [2.24, 2.45) is 5.73 Å². The molecule has 1 aliphatic heterocycles. The van der Waals surface area contributed by atoms with Crippen LogP contribution < -0.4 is 11.1 Å². The summed E-state index contributed by atoms with van der Waals surface area (Å²) in [5, 5.41) is 3.99. The van der Waals surface area contributed by atoms with E-state index in [0.717, 1.165) is 35.7 Å². The van der Waals surface area contributed by atoms with Crippen LogP contribution in [0.1, 0.15) is 69.1 Å². The Balaban J connectivity index is 0.00000387. The van der Waals surface area contributed by atoms with Gasteiger partial charge < -0.3 is 25.7 Å². The fourth-order valence-electron chi connectivity index (χ4n) is 6.54. The summed E-state index contributed by atoms with van der Waals surface area (Å²) < 4.78 is 5.26. The third-order valence-electron chi connectivity index (χ3n) is 8.65. The predicted molar refractivity (Wildman–Crippen MR) is 162 cm³/mol. The summed E-state index contributed by atoms with van der Waals surface area (Å²) in [5.74, 6) is -0.485. The number of carbonyl (C=O) groups excluding carboxylic acids is 3. The number of nitrogens with zero attached hydrogens (tertiary/aromatic N) is 1. The van der Waals surface area contributed by atoms with Crippen LogP contribution in [0.25, 0.3) is 10.9 Å². The molecule has 1 aromatic heterocycles. The number of likely N-dealkylation sites (tertiary alicyclic amines) is 1. The summed E-state index contributed by atoms with van der Waals surface area (Å²) in [7, 11) is 0. The van der Waals surface area contributed by atoms with Crippen LogP contribution in [-0.4, -0.2) is 58.9 Å². The van der Waals surface area contributed by atoms with Crippen LogP contribution in [0.15, 0.2) is 54.7 Å². The average Bonchev–Trinajstić information content (AvgIpc) is 3.47. The fraction of sp³-hybridized carbons (Fsp3) is 0.469. The van der Waals surface area contributed by atoms with Gasteiger partial charge in [0.15, 0.2) is 0 Å². The second-order valence-corrected chi connectivity index (χ2v) is 11.9. The van der Waals surface area contributed by atoms with E-state index in [1.54, 1.807) is 13.8 Å². The van der Waals surface area contributed by atoms with E-state index in [4.69, 9.17) is 10.5 Å². The highest BCUT2D eigenvalue weighted by atomic mass is 35.5. The highest BCUT2D eigenvalue weighted by Crippen LogP contribution is 2.52. The van der Waals surface area contributed by atoms with Gasteiger partial charge in [-0.1, -0.05) is 42.5 Å². The number of H-pyrrole nitrogens is 1. The van der Waals surface area contributed by atoms with Crippen molar-refractivity contribution in [1.29, 1.82) is 0 Å². The third kappa shape index (κ3) is 6.28. The van der Waals surface area contributed by atoms with Crippen molar-refractivity contribution in [3.63, 3.8) is 0 Å². The highest BCUT2D eigenvalue weighted by Gasteiger charge is 2.47. The number of nitrogens with two attached hydrogens (primary N) is 1. The summed E-state index contributed by atoms with van der Waals surface area (Å²) >= 11 is 0. The van der Waals surface area contributed by atoms with Crippen molar-refractivity contribution in [1.82, 2.24) is 15.2 Å². The quantitative estimate of drug-likeness (QED) is 0.342. The Morgan fingerprint density at radius 2 is 1.80 bits per heavy atom. The molecule has 2 amide bonds. The molecule has 2 aromatic carbocycles. The maximum atomic E-state index is 14.0. The zero-order chi connectivity index (χ0) is 28.5. The van der Waals surface area contributed by atoms with E-state index in [9.17, 15) is 14.4 Å². The van der Waals surface area contributed by atoms with Crippen LogP contribution in [0.5, 0.6) is 0 Å². The van der Waals surface area contributed by atoms with Gasteiger partial charge in [-0.05, 0) is 74.1 Å². The van der Waals surface area contributed by atoms with Gasteiger partial charge in [0, 0.05) is 36.6 Å². The van der Waals surface area contributed by atoms with Crippen LogP contribution >= 0.6 is 12.4 Å². The molecule has 9 heteroatoms. The molecule has 1 saturated heterocycles. The van der Waals surface area contributed by atoms with E-state index in [1.807, 2.05) is 48.4 Å². The number of hydrogen-bond acceptors (Lipinski definition) is 5. The number of esters is 1. The lowest BCUT2D eigenvalue weighted by Gasteiger charge is -2.41. The smallest absolute Gasteiger partial charge is 0.306 e. The minimum absolute atomic E-state index is 0. The van der Waals surface area contributed by atoms with Gasteiger partial charge in [0.2, 0.25) is 11.8 Å². The number of benzene rings is 2. The maximum absolute atomic E-state index is 14.0. The monoisotopic (exact) mass is 580 g/mol. The SMILES string of the molecule is CCOC(=O)CC1CC2(CCN(C(=O)[C@@H](Cc3c[nH]c4ccccc34)NC(=O)C(C)(C)N)CC2)c2ccccc21.Cl. The number of rotatable bonds is 8. The standard InChI is InChI=1S/C32H40N4O4.ClH/c1-4-40-28(37)18-21-19-32(25-11-7-5-9-23(21)25)13-15-36(16-14-32)29(38)27(35-30(39)31(2,3)33)17-22-20-34-26-12-8-6-10-24(22)26;/h5-12,20-21,27,34H,4,13-19,33H2,1-3H3,(H,35,39);1H/t21?,27-;/m1./s1. The molecule has 2 atom stereocenters. The molecule has 2 aliphatic rings. The summed E-state index contributed by atoms with van der Waals surface area (Å²) in [5.41, 5.74) is 9.40. The summed E-state index contributed by atoms with van der Waals surface area (Å²) in [6.45, 7) is 6.68. The molecule has 1 fully saturated rings. The molecule has 0 radical (unpaired) electrons. The third-order valence-corrected chi connectivity index (χ3v) is 8.65. The van der Waals surface area contributed by atoms with Crippen LogP contribution in [0.3, 0.4) is 0 Å². The van der Waals surface area contributed by atoms with Crippen molar-refractivity contribution in [3.8, 4) is 0 Å². The van der Waals surface area contributed by atoms with Gasteiger partial charge in [-0.3, -0.25) is 14.4 Å². The minimum atomic E-state index is -1.10. The minimum Gasteiger partial charge on any atom is -0.466 e. The second kappa shape index (κ2) is 12.2. The molecule has 1 spiro atoms. The molecular formula is C32H41ClN4O4. The number of halogens is 1. The average molecular weight is 581 g/mol. The lowest BCUT2D eigenvalue weighted by atomic mass is 9.73. The molecule has 220 valence electrons. The molecule has 4 N–H and O–H groups in total. The van der Waals surface area contributed by atoms with Crippen molar-refractivity contribution < 1.29 is 19.1 Å². The number of aromatic nitrogens is 1. The Hall–Kier alpha value is -3.36. The second-order valence-electron chi connectivity index (χ2n) is 11.9. The van der Waals surface area contributed by atoms with E-state index in [-0.39, 0.29) is 41.5 Å². The predicted octanol–water partition coefficient (Wildman–Crippen LogP) is 4.36. The van der Waals surface area contributed by atoms with Crippen LogP contribution in [0, 0.1) is 0 Å². The molecule has 0 bridgehead atoms. The first-order valence-corrected chi connectivity index (χ1v) is 14.3. The number of nitrogens with one attached hydrogen (secondary N) is 2. The molecule has 2 heterocycles. The Kier molecular flexibility index (Phi) is 9.14. The Morgan fingerprint density at radius 3 is 2.51 bits per heavy atom. The summed E-state index contributed by atoms with van der Waals surface area (Å²) in [4.78, 5) is 44.4. The first kappa shape index (κ1) is 30.6. The number of ether oxygens (including phenoxy) is 1. The Labute approximate surface area is 247 Å². The summed E-state index contributed by atoms with van der Waals surface area (Å²) in [6, 6.07) is 15.6. The van der Waals surface area contributed by atoms with Crippen LogP contribution in [0.4, 0.5) is 0 Å². The van der Waals surface area contributed by atoms with Gasteiger partial charge in [-0.2, -0.15) is 0 Å². The number of hydrogen-bond donors (Lipinski definition) is 3.